The fourth-order valence-corrected chi connectivity index (χ4v) is 3.24. The van der Waals surface area contributed by atoms with Crippen LogP contribution in [0.2, 0.25) is 0 Å². The number of pyridine rings is 1. The first-order valence-electron chi connectivity index (χ1n) is 9.24. The van der Waals surface area contributed by atoms with Crippen LogP contribution in [-0.2, 0) is 6.54 Å². The maximum absolute atomic E-state index is 12.5. The standard InChI is InChI=1S/C17H25N3O.C2H6/c1-2-14-11-19(12-14)13-15-7-6-8-16(18-15)17(21)20-9-4-3-5-10-20;1-2/h6-8,14H,2-5,9-13H2,1H3;1-2H3. The van der Waals surface area contributed by atoms with Crippen LogP contribution >= 0.6 is 0 Å². The molecule has 1 aromatic heterocycles. The molecule has 23 heavy (non-hydrogen) atoms. The Hall–Kier alpha value is -1.42. The van der Waals surface area contributed by atoms with E-state index in [2.05, 4.69) is 16.8 Å². The third-order valence-electron chi connectivity index (χ3n) is 4.66. The highest BCUT2D eigenvalue weighted by Gasteiger charge is 2.25. The number of carbonyl (C=O) groups is 1. The molecular weight excluding hydrogens is 286 g/mol. The first kappa shape index (κ1) is 17.9. The van der Waals surface area contributed by atoms with Gasteiger partial charge in [-0.05, 0) is 37.3 Å². The quantitative estimate of drug-likeness (QED) is 0.851. The zero-order chi connectivity index (χ0) is 16.7. The van der Waals surface area contributed by atoms with Crippen molar-refractivity contribution in [1.29, 1.82) is 0 Å². The van der Waals surface area contributed by atoms with Crippen molar-refractivity contribution < 1.29 is 4.79 Å². The van der Waals surface area contributed by atoms with Gasteiger partial charge in [0.2, 0.25) is 0 Å². The zero-order valence-corrected chi connectivity index (χ0v) is 14.9. The summed E-state index contributed by atoms with van der Waals surface area (Å²) in [5, 5.41) is 0. The Morgan fingerprint density at radius 3 is 2.52 bits per heavy atom. The number of amides is 1. The normalized spacial score (nSPS) is 18.8. The van der Waals surface area contributed by atoms with Crippen LogP contribution < -0.4 is 0 Å². The fraction of sp³-hybridized carbons (Fsp3) is 0.684. The molecule has 2 saturated heterocycles. The molecule has 4 heteroatoms. The van der Waals surface area contributed by atoms with Crippen molar-refractivity contribution in [3.8, 4) is 0 Å². The molecule has 0 bridgehead atoms. The lowest BCUT2D eigenvalue weighted by atomic mass is 9.97. The molecule has 0 spiro atoms. The van der Waals surface area contributed by atoms with Gasteiger partial charge >= 0.3 is 0 Å². The smallest absolute Gasteiger partial charge is 0.272 e. The maximum Gasteiger partial charge on any atom is 0.272 e. The second kappa shape index (κ2) is 9.02. The SMILES string of the molecule is CC.CCC1CN(Cc2cccc(C(=O)N3CCCCC3)n2)C1. The first-order valence-corrected chi connectivity index (χ1v) is 9.24. The topological polar surface area (TPSA) is 36.4 Å². The molecule has 2 aliphatic rings. The summed E-state index contributed by atoms with van der Waals surface area (Å²) in [6.45, 7) is 11.2. The Morgan fingerprint density at radius 1 is 1.17 bits per heavy atom. The van der Waals surface area contributed by atoms with Crippen LogP contribution in [-0.4, -0.2) is 46.9 Å². The van der Waals surface area contributed by atoms with Crippen LogP contribution in [0.25, 0.3) is 0 Å². The van der Waals surface area contributed by atoms with E-state index in [0.29, 0.717) is 5.69 Å². The molecule has 3 rings (SSSR count). The molecule has 2 aliphatic heterocycles. The van der Waals surface area contributed by atoms with Crippen molar-refractivity contribution in [3.05, 3.63) is 29.6 Å². The van der Waals surface area contributed by atoms with E-state index in [9.17, 15) is 4.79 Å². The number of hydrogen-bond donors (Lipinski definition) is 0. The summed E-state index contributed by atoms with van der Waals surface area (Å²) in [4.78, 5) is 21.4. The van der Waals surface area contributed by atoms with Gasteiger partial charge in [0.1, 0.15) is 5.69 Å². The first-order chi connectivity index (χ1) is 11.3. The number of rotatable bonds is 4. The van der Waals surface area contributed by atoms with Gasteiger partial charge < -0.3 is 4.90 Å². The molecule has 3 heterocycles. The Kier molecular flexibility index (Phi) is 7.03. The number of nitrogens with zero attached hydrogens (tertiary/aromatic N) is 3. The van der Waals surface area contributed by atoms with Crippen molar-refractivity contribution in [1.82, 2.24) is 14.8 Å². The van der Waals surface area contributed by atoms with Gasteiger partial charge in [-0.3, -0.25) is 9.69 Å². The number of aromatic nitrogens is 1. The molecule has 4 nitrogen and oxygen atoms in total. The molecule has 1 amide bonds. The predicted molar refractivity (Wildman–Crippen MR) is 94.4 cm³/mol. The average molecular weight is 317 g/mol. The van der Waals surface area contributed by atoms with E-state index in [4.69, 9.17) is 0 Å². The lowest BCUT2D eigenvalue weighted by Crippen LogP contribution is -2.45. The van der Waals surface area contributed by atoms with Gasteiger partial charge in [0.15, 0.2) is 0 Å². The molecule has 0 aromatic carbocycles. The highest BCUT2D eigenvalue weighted by molar-refractivity contribution is 5.92. The molecule has 0 N–H and O–H groups in total. The van der Waals surface area contributed by atoms with E-state index in [-0.39, 0.29) is 5.91 Å². The minimum Gasteiger partial charge on any atom is -0.337 e. The van der Waals surface area contributed by atoms with Crippen LogP contribution in [0.15, 0.2) is 18.2 Å². The lowest BCUT2D eigenvalue weighted by Gasteiger charge is -2.38. The largest absolute Gasteiger partial charge is 0.337 e. The third-order valence-corrected chi connectivity index (χ3v) is 4.66. The summed E-state index contributed by atoms with van der Waals surface area (Å²) in [6, 6.07) is 5.86. The van der Waals surface area contributed by atoms with Gasteiger partial charge in [0.05, 0.1) is 5.69 Å². The summed E-state index contributed by atoms with van der Waals surface area (Å²) < 4.78 is 0. The molecule has 1 aromatic rings. The summed E-state index contributed by atoms with van der Waals surface area (Å²) in [6.07, 6.45) is 4.75. The van der Waals surface area contributed by atoms with Crippen LogP contribution in [0.1, 0.15) is 62.6 Å². The molecule has 0 atom stereocenters. The molecule has 128 valence electrons. The van der Waals surface area contributed by atoms with Crippen LogP contribution in [0.4, 0.5) is 0 Å². The third kappa shape index (κ3) is 4.77. The van der Waals surface area contributed by atoms with Crippen molar-refractivity contribution in [2.45, 2.75) is 53.0 Å². The minimum absolute atomic E-state index is 0.103. The van der Waals surface area contributed by atoms with E-state index in [1.54, 1.807) is 0 Å². The monoisotopic (exact) mass is 317 g/mol. The molecular formula is C19H31N3O. The number of carbonyl (C=O) groups excluding carboxylic acids is 1. The van der Waals surface area contributed by atoms with E-state index >= 15 is 0 Å². The van der Waals surface area contributed by atoms with Crippen molar-refractivity contribution in [3.63, 3.8) is 0 Å². The van der Waals surface area contributed by atoms with Gasteiger partial charge in [-0.15, -0.1) is 0 Å². The van der Waals surface area contributed by atoms with E-state index < -0.39 is 0 Å². The highest BCUT2D eigenvalue weighted by Crippen LogP contribution is 2.20. The minimum atomic E-state index is 0.103. The Morgan fingerprint density at radius 2 is 1.87 bits per heavy atom. The Labute approximate surface area is 140 Å². The number of piperidine rings is 1. The zero-order valence-electron chi connectivity index (χ0n) is 14.9. The van der Waals surface area contributed by atoms with Gasteiger partial charge in [-0.1, -0.05) is 33.3 Å². The van der Waals surface area contributed by atoms with Gasteiger partial charge in [-0.25, -0.2) is 4.98 Å². The average Bonchev–Trinajstić information content (AvgIpc) is 2.60. The van der Waals surface area contributed by atoms with Gasteiger partial charge in [0, 0.05) is 32.7 Å². The molecule has 2 fully saturated rings. The van der Waals surface area contributed by atoms with Crippen LogP contribution in [0, 0.1) is 5.92 Å². The van der Waals surface area contributed by atoms with E-state index in [1.807, 2.05) is 36.9 Å². The lowest BCUT2D eigenvalue weighted by molar-refractivity contribution is 0.0715. The maximum atomic E-state index is 12.5. The summed E-state index contributed by atoms with van der Waals surface area (Å²) >= 11 is 0. The summed E-state index contributed by atoms with van der Waals surface area (Å²) in [7, 11) is 0. The van der Waals surface area contributed by atoms with Gasteiger partial charge in [0.25, 0.3) is 5.91 Å². The molecule has 0 radical (unpaired) electrons. The van der Waals surface area contributed by atoms with E-state index in [1.165, 1.54) is 25.9 Å². The van der Waals surface area contributed by atoms with E-state index in [0.717, 1.165) is 44.1 Å². The fourth-order valence-electron chi connectivity index (χ4n) is 3.24. The summed E-state index contributed by atoms with van der Waals surface area (Å²) in [5.41, 5.74) is 1.63. The second-order valence-corrected chi connectivity index (χ2v) is 6.34. The second-order valence-electron chi connectivity index (χ2n) is 6.34. The van der Waals surface area contributed by atoms with Crippen molar-refractivity contribution in [2.24, 2.45) is 5.92 Å². The summed E-state index contributed by atoms with van der Waals surface area (Å²) in [5.74, 6) is 0.953. The highest BCUT2D eigenvalue weighted by atomic mass is 16.2. The Balaban J connectivity index is 0.000000924. The Bertz CT molecular complexity index is 491. The molecule has 0 unspecified atom stereocenters. The van der Waals surface area contributed by atoms with Crippen LogP contribution in [0.3, 0.4) is 0 Å². The van der Waals surface area contributed by atoms with Gasteiger partial charge in [-0.2, -0.15) is 0 Å². The number of hydrogen-bond acceptors (Lipinski definition) is 3. The predicted octanol–water partition coefficient (Wildman–Crippen LogP) is 3.58. The van der Waals surface area contributed by atoms with Crippen LogP contribution in [0.5, 0.6) is 0 Å². The molecule has 0 aliphatic carbocycles. The van der Waals surface area contributed by atoms with Crippen molar-refractivity contribution in [2.75, 3.05) is 26.2 Å². The number of likely N-dealkylation sites (tertiary alicyclic amines) is 2. The molecule has 0 saturated carbocycles. The van der Waals surface area contributed by atoms with Crippen molar-refractivity contribution >= 4 is 5.91 Å².